The molecule has 1 aromatic rings. The molecule has 0 spiro atoms. The zero-order chi connectivity index (χ0) is 10.6. The van der Waals surface area contributed by atoms with E-state index in [4.69, 9.17) is 5.11 Å². The lowest BCUT2D eigenvalue weighted by molar-refractivity contribution is -0.138. The van der Waals surface area contributed by atoms with E-state index in [0.717, 1.165) is 10.0 Å². The topological polar surface area (TPSA) is 53.4 Å². The summed E-state index contributed by atoms with van der Waals surface area (Å²) in [6.45, 7) is 0.616. The molecule has 0 radical (unpaired) electrons. The molecule has 1 aromatic heterocycles. The molecule has 0 saturated carbocycles. The van der Waals surface area contributed by atoms with E-state index in [1.54, 1.807) is 24.3 Å². The van der Waals surface area contributed by atoms with Crippen LogP contribution in [0.25, 0.3) is 0 Å². The van der Waals surface area contributed by atoms with Crippen LogP contribution in [0, 0.1) is 0 Å². The van der Waals surface area contributed by atoms with Crippen LogP contribution in [0.1, 0.15) is 5.56 Å². The molecule has 0 unspecified atom stereocenters. The summed E-state index contributed by atoms with van der Waals surface area (Å²) in [6.07, 6.45) is 3.42. The fraction of sp³-hybridized carbons (Fsp3) is 0.333. The van der Waals surface area contributed by atoms with E-state index < -0.39 is 5.97 Å². The van der Waals surface area contributed by atoms with Gasteiger partial charge in [0.05, 0.1) is 6.54 Å². The third kappa shape index (κ3) is 3.85. The highest BCUT2D eigenvalue weighted by atomic mass is 79.9. The molecule has 5 heteroatoms. The molecule has 4 nitrogen and oxygen atoms in total. The fourth-order valence-corrected chi connectivity index (χ4v) is 1.55. The molecule has 0 atom stereocenters. The van der Waals surface area contributed by atoms with Crippen LogP contribution >= 0.6 is 15.9 Å². The quantitative estimate of drug-likeness (QED) is 0.887. The van der Waals surface area contributed by atoms with E-state index in [-0.39, 0.29) is 6.54 Å². The molecule has 76 valence electrons. The predicted molar refractivity (Wildman–Crippen MR) is 55.9 cm³/mol. The van der Waals surface area contributed by atoms with Crippen molar-refractivity contribution in [3.8, 4) is 0 Å². The Balaban J connectivity index is 2.55. The SMILES string of the molecule is CN(CC(=O)O)Cc1cncc(Br)c1. The lowest BCUT2D eigenvalue weighted by atomic mass is 10.3. The van der Waals surface area contributed by atoms with Gasteiger partial charge in [0, 0.05) is 23.4 Å². The summed E-state index contributed by atoms with van der Waals surface area (Å²) in [5, 5.41) is 8.55. The molecular weight excluding hydrogens is 248 g/mol. The molecule has 1 N–H and O–H groups in total. The van der Waals surface area contributed by atoms with Gasteiger partial charge in [0.25, 0.3) is 0 Å². The summed E-state index contributed by atoms with van der Waals surface area (Å²) < 4.78 is 0.902. The predicted octanol–water partition coefficient (Wildman–Crippen LogP) is 1.36. The molecule has 0 amide bonds. The summed E-state index contributed by atoms with van der Waals surface area (Å²) in [4.78, 5) is 16.1. The summed E-state index contributed by atoms with van der Waals surface area (Å²) in [5.74, 6) is -0.824. The van der Waals surface area contributed by atoms with Crippen molar-refractivity contribution in [3.05, 3.63) is 28.5 Å². The number of pyridine rings is 1. The van der Waals surface area contributed by atoms with E-state index in [0.29, 0.717) is 6.54 Å². The number of aliphatic carboxylic acids is 1. The minimum atomic E-state index is -0.824. The smallest absolute Gasteiger partial charge is 0.317 e. The van der Waals surface area contributed by atoms with Crippen molar-refractivity contribution in [2.24, 2.45) is 0 Å². The fourth-order valence-electron chi connectivity index (χ4n) is 1.14. The molecule has 1 heterocycles. The zero-order valence-corrected chi connectivity index (χ0v) is 9.36. The molecule has 0 aliphatic carbocycles. The number of aromatic nitrogens is 1. The first kappa shape index (κ1) is 11.1. The first-order valence-corrected chi connectivity index (χ1v) is 4.87. The number of carboxylic acid groups (broad SMARTS) is 1. The second-order valence-corrected chi connectivity index (χ2v) is 3.99. The van der Waals surface area contributed by atoms with Gasteiger partial charge in [-0.3, -0.25) is 14.7 Å². The molecular formula is C9H11BrN2O2. The minimum Gasteiger partial charge on any atom is -0.480 e. The maximum Gasteiger partial charge on any atom is 0.317 e. The van der Waals surface area contributed by atoms with Crippen LogP contribution in [0.2, 0.25) is 0 Å². The molecule has 0 fully saturated rings. The molecule has 0 aliphatic rings. The summed E-state index contributed by atoms with van der Waals surface area (Å²) in [5.41, 5.74) is 0.989. The highest BCUT2D eigenvalue weighted by molar-refractivity contribution is 9.10. The van der Waals surface area contributed by atoms with Crippen LogP contribution in [-0.4, -0.2) is 34.6 Å². The molecule has 0 bridgehead atoms. The van der Waals surface area contributed by atoms with Crippen LogP contribution in [0.4, 0.5) is 0 Å². The van der Waals surface area contributed by atoms with Gasteiger partial charge in [0.1, 0.15) is 0 Å². The van der Waals surface area contributed by atoms with Gasteiger partial charge in [-0.1, -0.05) is 0 Å². The number of carboxylic acids is 1. The number of halogens is 1. The van der Waals surface area contributed by atoms with Crippen LogP contribution in [0.15, 0.2) is 22.9 Å². The van der Waals surface area contributed by atoms with Gasteiger partial charge in [-0.2, -0.15) is 0 Å². The number of rotatable bonds is 4. The van der Waals surface area contributed by atoms with Crippen LogP contribution in [0.5, 0.6) is 0 Å². The average molecular weight is 259 g/mol. The second-order valence-electron chi connectivity index (χ2n) is 3.08. The van der Waals surface area contributed by atoms with Crippen molar-refractivity contribution < 1.29 is 9.90 Å². The van der Waals surface area contributed by atoms with Crippen molar-refractivity contribution >= 4 is 21.9 Å². The van der Waals surface area contributed by atoms with Crippen molar-refractivity contribution in [3.63, 3.8) is 0 Å². The Kier molecular flexibility index (Phi) is 4.03. The van der Waals surface area contributed by atoms with Crippen molar-refractivity contribution in [1.29, 1.82) is 0 Å². The third-order valence-corrected chi connectivity index (χ3v) is 2.05. The Bertz CT molecular complexity index is 330. The maximum absolute atomic E-state index is 10.4. The summed E-state index contributed by atoms with van der Waals surface area (Å²) >= 11 is 3.31. The molecule has 1 rings (SSSR count). The third-order valence-electron chi connectivity index (χ3n) is 1.62. The largest absolute Gasteiger partial charge is 0.480 e. The van der Waals surface area contributed by atoms with E-state index in [1.165, 1.54) is 0 Å². The number of hydrogen-bond donors (Lipinski definition) is 1. The highest BCUT2D eigenvalue weighted by Gasteiger charge is 2.05. The van der Waals surface area contributed by atoms with Gasteiger partial charge in [-0.15, -0.1) is 0 Å². The monoisotopic (exact) mass is 258 g/mol. The lowest BCUT2D eigenvalue weighted by Gasteiger charge is -2.13. The number of carbonyl (C=O) groups is 1. The minimum absolute atomic E-state index is 0.0342. The molecule has 14 heavy (non-hydrogen) atoms. The second kappa shape index (κ2) is 5.07. The van der Waals surface area contributed by atoms with Gasteiger partial charge in [-0.05, 0) is 34.6 Å². The van der Waals surface area contributed by atoms with Gasteiger partial charge < -0.3 is 5.11 Å². The lowest BCUT2D eigenvalue weighted by Crippen LogP contribution is -2.25. The summed E-state index contributed by atoms with van der Waals surface area (Å²) in [6, 6.07) is 1.92. The zero-order valence-electron chi connectivity index (χ0n) is 7.77. The van der Waals surface area contributed by atoms with E-state index in [1.807, 2.05) is 6.07 Å². The van der Waals surface area contributed by atoms with E-state index in [2.05, 4.69) is 20.9 Å². The number of hydrogen-bond acceptors (Lipinski definition) is 3. The Morgan fingerprint density at radius 3 is 2.93 bits per heavy atom. The standard InChI is InChI=1S/C9H11BrN2O2/c1-12(6-9(13)14)5-7-2-8(10)4-11-3-7/h2-4H,5-6H2,1H3,(H,13,14). The normalized spacial score (nSPS) is 10.5. The van der Waals surface area contributed by atoms with E-state index in [9.17, 15) is 4.79 Å². The Labute approximate surface area is 90.7 Å². The first-order chi connectivity index (χ1) is 6.58. The molecule has 0 saturated heterocycles. The van der Waals surface area contributed by atoms with Crippen molar-refractivity contribution in [2.75, 3.05) is 13.6 Å². The van der Waals surface area contributed by atoms with E-state index >= 15 is 0 Å². The number of nitrogens with zero attached hydrogens (tertiary/aromatic N) is 2. The van der Waals surface area contributed by atoms with Gasteiger partial charge in [0.2, 0.25) is 0 Å². The van der Waals surface area contributed by atoms with Gasteiger partial charge >= 0.3 is 5.97 Å². The van der Waals surface area contributed by atoms with Crippen LogP contribution in [-0.2, 0) is 11.3 Å². The first-order valence-electron chi connectivity index (χ1n) is 4.07. The maximum atomic E-state index is 10.4. The highest BCUT2D eigenvalue weighted by Crippen LogP contribution is 2.10. The Morgan fingerprint density at radius 1 is 1.64 bits per heavy atom. The number of likely N-dealkylation sites (N-methyl/N-ethyl adjacent to an activating group) is 1. The Hall–Kier alpha value is -0.940. The molecule has 0 aromatic carbocycles. The van der Waals surface area contributed by atoms with Crippen LogP contribution < -0.4 is 0 Å². The van der Waals surface area contributed by atoms with Gasteiger partial charge in [-0.25, -0.2) is 0 Å². The van der Waals surface area contributed by atoms with Crippen LogP contribution in [0.3, 0.4) is 0 Å². The summed E-state index contributed by atoms with van der Waals surface area (Å²) in [7, 11) is 1.76. The van der Waals surface area contributed by atoms with Crippen molar-refractivity contribution in [1.82, 2.24) is 9.88 Å². The van der Waals surface area contributed by atoms with Gasteiger partial charge in [0.15, 0.2) is 0 Å². The average Bonchev–Trinajstić information content (AvgIpc) is 2.01. The molecule has 0 aliphatic heterocycles. The van der Waals surface area contributed by atoms with Crippen molar-refractivity contribution in [2.45, 2.75) is 6.54 Å². The Morgan fingerprint density at radius 2 is 2.36 bits per heavy atom.